The SMILES string of the molecule is C=C.CC(C)c1cn[nH]n1. The van der Waals surface area contributed by atoms with Crippen LogP contribution in [0.5, 0.6) is 0 Å². The summed E-state index contributed by atoms with van der Waals surface area (Å²) in [6.45, 7) is 10.2. The number of nitrogens with zero attached hydrogens (tertiary/aromatic N) is 2. The van der Waals surface area contributed by atoms with E-state index in [9.17, 15) is 0 Å². The Bertz CT molecular complexity index is 155. The van der Waals surface area contributed by atoms with E-state index in [0.29, 0.717) is 5.92 Å². The molecule has 0 radical (unpaired) electrons. The molecular weight excluding hydrogens is 126 g/mol. The van der Waals surface area contributed by atoms with Crippen LogP contribution in [0.15, 0.2) is 19.4 Å². The van der Waals surface area contributed by atoms with Crippen molar-refractivity contribution in [3.8, 4) is 0 Å². The molecule has 0 aliphatic carbocycles. The second-order valence-electron chi connectivity index (χ2n) is 2.05. The second kappa shape index (κ2) is 4.73. The van der Waals surface area contributed by atoms with Gasteiger partial charge < -0.3 is 0 Å². The lowest BCUT2D eigenvalue weighted by Gasteiger charge is -1.92. The maximum atomic E-state index is 3.88. The van der Waals surface area contributed by atoms with Gasteiger partial charge in [0.1, 0.15) is 0 Å². The minimum atomic E-state index is 0.480. The lowest BCUT2D eigenvalue weighted by molar-refractivity contribution is 0.804. The van der Waals surface area contributed by atoms with Crippen LogP contribution in [0, 0.1) is 0 Å². The Labute approximate surface area is 61.2 Å². The summed E-state index contributed by atoms with van der Waals surface area (Å²) in [4.78, 5) is 0. The highest BCUT2D eigenvalue weighted by Gasteiger charge is 1.98. The van der Waals surface area contributed by atoms with Crippen molar-refractivity contribution in [2.75, 3.05) is 0 Å². The Morgan fingerprint density at radius 1 is 1.50 bits per heavy atom. The summed E-state index contributed by atoms with van der Waals surface area (Å²) in [6, 6.07) is 0. The Balaban J connectivity index is 0.000000371. The Kier molecular flexibility index (Phi) is 4.20. The van der Waals surface area contributed by atoms with E-state index in [1.54, 1.807) is 6.20 Å². The van der Waals surface area contributed by atoms with Crippen LogP contribution in [0.4, 0.5) is 0 Å². The maximum Gasteiger partial charge on any atom is 0.0850 e. The zero-order chi connectivity index (χ0) is 7.98. The van der Waals surface area contributed by atoms with Gasteiger partial charge in [-0.1, -0.05) is 13.8 Å². The quantitative estimate of drug-likeness (QED) is 0.602. The van der Waals surface area contributed by atoms with Crippen molar-refractivity contribution in [2.24, 2.45) is 0 Å². The number of hydrogen-bond acceptors (Lipinski definition) is 2. The molecule has 0 amide bonds. The molecule has 0 spiro atoms. The molecular formula is C7H13N3. The lowest BCUT2D eigenvalue weighted by Crippen LogP contribution is -1.85. The molecule has 0 fully saturated rings. The molecule has 1 rings (SSSR count). The summed E-state index contributed by atoms with van der Waals surface area (Å²) in [5.41, 5.74) is 1.02. The van der Waals surface area contributed by atoms with E-state index in [2.05, 4.69) is 42.4 Å². The van der Waals surface area contributed by atoms with Gasteiger partial charge in [-0.3, -0.25) is 0 Å². The van der Waals surface area contributed by atoms with E-state index in [-0.39, 0.29) is 0 Å². The number of H-pyrrole nitrogens is 1. The molecule has 1 heterocycles. The fraction of sp³-hybridized carbons (Fsp3) is 0.429. The number of aromatic amines is 1. The van der Waals surface area contributed by atoms with Gasteiger partial charge in [0.15, 0.2) is 0 Å². The molecule has 0 bridgehead atoms. The van der Waals surface area contributed by atoms with Crippen LogP contribution in [-0.4, -0.2) is 15.4 Å². The van der Waals surface area contributed by atoms with Crippen molar-refractivity contribution in [1.29, 1.82) is 0 Å². The molecule has 3 heteroatoms. The predicted molar refractivity (Wildman–Crippen MR) is 41.7 cm³/mol. The van der Waals surface area contributed by atoms with Gasteiger partial charge in [-0.05, 0) is 5.92 Å². The molecule has 0 unspecified atom stereocenters. The van der Waals surface area contributed by atoms with E-state index in [4.69, 9.17) is 0 Å². The third kappa shape index (κ3) is 2.44. The molecule has 0 atom stereocenters. The highest BCUT2D eigenvalue weighted by atomic mass is 15.3. The van der Waals surface area contributed by atoms with Crippen LogP contribution in [0.2, 0.25) is 0 Å². The molecule has 1 aromatic rings. The highest BCUT2D eigenvalue weighted by Crippen LogP contribution is 2.06. The first kappa shape index (κ1) is 8.88. The van der Waals surface area contributed by atoms with Crippen LogP contribution in [0.1, 0.15) is 25.5 Å². The van der Waals surface area contributed by atoms with Crippen LogP contribution in [0.25, 0.3) is 0 Å². The van der Waals surface area contributed by atoms with Crippen molar-refractivity contribution in [3.63, 3.8) is 0 Å². The van der Waals surface area contributed by atoms with Gasteiger partial charge in [0.25, 0.3) is 0 Å². The topological polar surface area (TPSA) is 41.6 Å². The molecule has 3 nitrogen and oxygen atoms in total. The fourth-order valence-electron chi connectivity index (χ4n) is 0.489. The lowest BCUT2D eigenvalue weighted by atomic mass is 10.2. The van der Waals surface area contributed by atoms with Crippen molar-refractivity contribution < 1.29 is 0 Å². The molecule has 0 aromatic carbocycles. The Morgan fingerprint density at radius 2 is 2.10 bits per heavy atom. The van der Waals surface area contributed by atoms with Crippen LogP contribution in [-0.2, 0) is 0 Å². The first-order valence-corrected chi connectivity index (χ1v) is 3.16. The normalized spacial score (nSPS) is 8.70. The molecule has 56 valence electrons. The third-order valence-electron chi connectivity index (χ3n) is 1.03. The number of aromatic nitrogens is 3. The van der Waals surface area contributed by atoms with Gasteiger partial charge in [0.2, 0.25) is 0 Å². The average Bonchev–Trinajstić information content (AvgIpc) is 2.42. The van der Waals surface area contributed by atoms with Crippen molar-refractivity contribution >= 4 is 0 Å². The van der Waals surface area contributed by atoms with E-state index >= 15 is 0 Å². The molecule has 1 aromatic heterocycles. The maximum absolute atomic E-state index is 3.88. The van der Waals surface area contributed by atoms with Gasteiger partial charge in [-0.2, -0.15) is 15.4 Å². The summed E-state index contributed by atoms with van der Waals surface area (Å²) < 4.78 is 0. The zero-order valence-electron chi connectivity index (χ0n) is 6.46. The average molecular weight is 139 g/mol. The minimum absolute atomic E-state index is 0.480. The summed E-state index contributed by atoms with van der Waals surface area (Å²) in [6.07, 6.45) is 1.74. The summed E-state index contributed by atoms with van der Waals surface area (Å²) >= 11 is 0. The molecule has 0 saturated carbocycles. The standard InChI is InChI=1S/C5H9N3.C2H4/c1-4(2)5-3-6-8-7-5;1-2/h3-4H,1-2H3,(H,6,7,8);1-2H2. The molecule has 1 N–H and O–H groups in total. The molecule has 10 heavy (non-hydrogen) atoms. The fourth-order valence-corrected chi connectivity index (χ4v) is 0.489. The largest absolute Gasteiger partial charge is 0.198 e. The van der Waals surface area contributed by atoms with Gasteiger partial charge in [0.05, 0.1) is 11.9 Å². The third-order valence-corrected chi connectivity index (χ3v) is 1.03. The zero-order valence-corrected chi connectivity index (χ0v) is 6.46. The van der Waals surface area contributed by atoms with Crippen molar-refractivity contribution in [2.45, 2.75) is 19.8 Å². The van der Waals surface area contributed by atoms with E-state index in [0.717, 1.165) is 5.69 Å². The first-order valence-electron chi connectivity index (χ1n) is 3.16. The Morgan fingerprint density at radius 3 is 2.30 bits per heavy atom. The summed E-state index contributed by atoms with van der Waals surface area (Å²) in [5, 5.41) is 10.1. The monoisotopic (exact) mass is 139 g/mol. The summed E-state index contributed by atoms with van der Waals surface area (Å²) in [7, 11) is 0. The number of rotatable bonds is 1. The molecule has 0 saturated heterocycles. The smallest absolute Gasteiger partial charge is 0.0850 e. The van der Waals surface area contributed by atoms with Crippen LogP contribution >= 0.6 is 0 Å². The van der Waals surface area contributed by atoms with Gasteiger partial charge in [-0.25, -0.2) is 0 Å². The van der Waals surface area contributed by atoms with E-state index in [1.807, 2.05) is 0 Å². The van der Waals surface area contributed by atoms with Crippen LogP contribution in [0.3, 0.4) is 0 Å². The molecule has 0 aliphatic heterocycles. The Hall–Kier alpha value is -1.12. The summed E-state index contributed by atoms with van der Waals surface area (Å²) in [5.74, 6) is 0.480. The van der Waals surface area contributed by atoms with Crippen molar-refractivity contribution in [1.82, 2.24) is 15.4 Å². The van der Waals surface area contributed by atoms with Gasteiger partial charge >= 0.3 is 0 Å². The van der Waals surface area contributed by atoms with E-state index < -0.39 is 0 Å². The van der Waals surface area contributed by atoms with E-state index in [1.165, 1.54) is 0 Å². The van der Waals surface area contributed by atoms with Gasteiger partial charge in [-0.15, -0.1) is 13.2 Å². The first-order chi connectivity index (χ1) is 4.80. The van der Waals surface area contributed by atoms with Crippen molar-refractivity contribution in [3.05, 3.63) is 25.0 Å². The molecule has 0 aliphatic rings. The second-order valence-corrected chi connectivity index (χ2v) is 2.05. The predicted octanol–water partition coefficient (Wildman–Crippen LogP) is 1.73. The van der Waals surface area contributed by atoms with Gasteiger partial charge in [0, 0.05) is 0 Å². The number of nitrogens with one attached hydrogen (secondary N) is 1. The minimum Gasteiger partial charge on any atom is -0.198 e. The number of hydrogen-bond donors (Lipinski definition) is 1. The van der Waals surface area contributed by atoms with Crippen LogP contribution < -0.4 is 0 Å². The highest BCUT2D eigenvalue weighted by molar-refractivity contribution is 4.96.